The second-order valence-corrected chi connectivity index (χ2v) is 7.82. The Labute approximate surface area is 186 Å². The molecule has 1 heterocycles. The Kier molecular flexibility index (Phi) is 7.72. The van der Waals surface area contributed by atoms with Crippen molar-refractivity contribution in [3.05, 3.63) is 61.2 Å². The number of amides is 2. The molecule has 1 aliphatic heterocycles. The van der Waals surface area contributed by atoms with Crippen LogP contribution >= 0.6 is 11.8 Å². The standard InChI is InChI=1S/C23H25N3O4S/c1-4-13-26-22(28)20(31-23(26)25-17-7-6-8-19(14-17)29-3)15-21(27)24-16-9-11-18(12-10-16)30-5-2/h4,6-12,14,20H,1,5,13,15H2,2-3H3,(H,24,27)/t20-/m0/s1. The largest absolute Gasteiger partial charge is 0.497 e. The molecule has 0 spiro atoms. The van der Waals surface area contributed by atoms with E-state index in [2.05, 4.69) is 16.9 Å². The van der Waals surface area contributed by atoms with E-state index in [0.717, 1.165) is 5.75 Å². The number of hydrogen-bond donors (Lipinski definition) is 1. The minimum atomic E-state index is -0.549. The van der Waals surface area contributed by atoms with Crippen molar-refractivity contribution in [3.63, 3.8) is 0 Å². The van der Waals surface area contributed by atoms with Crippen LogP contribution in [0.15, 0.2) is 66.2 Å². The molecule has 2 aromatic carbocycles. The van der Waals surface area contributed by atoms with Gasteiger partial charge in [0.15, 0.2) is 5.17 Å². The fourth-order valence-corrected chi connectivity index (χ4v) is 4.16. The van der Waals surface area contributed by atoms with Crippen LogP contribution in [0, 0.1) is 0 Å². The zero-order valence-corrected chi connectivity index (χ0v) is 18.4. The molecule has 1 saturated heterocycles. The molecule has 1 N–H and O–H groups in total. The van der Waals surface area contributed by atoms with E-state index in [1.165, 1.54) is 11.8 Å². The third kappa shape index (κ3) is 5.88. The van der Waals surface area contributed by atoms with Crippen LogP contribution in [0.3, 0.4) is 0 Å². The number of thioether (sulfide) groups is 1. The number of rotatable bonds is 9. The smallest absolute Gasteiger partial charge is 0.242 e. The average molecular weight is 440 g/mol. The van der Waals surface area contributed by atoms with Crippen LogP contribution in [0.2, 0.25) is 0 Å². The Hall–Kier alpha value is -3.26. The number of methoxy groups -OCH3 is 1. The van der Waals surface area contributed by atoms with Crippen molar-refractivity contribution >= 4 is 40.1 Å². The Balaban J connectivity index is 1.69. The Bertz CT molecular complexity index is 975. The number of amidine groups is 1. The number of carbonyl (C=O) groups is 2. The van der Waals surface area contributed by atoms with Gasteiger partial charge in [0.05, 0.1) is 19.4 Å². The van der Waals surface area contributed by atoms with Gasteiger partial charge in [-0.2, -0.15) is 0 Å². The first kappa shape index (κ1) is 22.4. The molecular formula is C23H25N3O4S. The number of anilines is 1. The van der Waals surface area contributed by atoms with Gasteiger partial charge in [-0.1, -0.05) is 23.9 Å². The third-order valence-corrected chi connectivity index (χ3v) is 5.60. The fourth-order valence-electron chi connectivity index (χ4n) is 2.99. The summed E-state index contributed by atoms with van der Waals surface area (Å²) in [5.41, 5.74) is 1.32. The first-order valence-electron chi connectivity index (χ1n) is 9.88. The van der Waals surface area contributed by atoms with Crippen molar-refractivity contribution in [3.8, 4) is 11.5 Å². The number of ether oxygens (including phenoxy) is 2. The first-order chi connectivity index (χ1) is 15.0. The highest BCUT2D eigenvalue weighted by Gasteiger charge is 2.38. The van der Waals surface area contributed by atoms with Crippen LogP contribution in [-0.2, 0) is 9.59 Å². The normalized spacial score (nSPS) is 17.0. The van der Waals surface area contributed by atoms with Gasteiger partial charge in [-0.3, -0.25) is 14.5 Å². The molecule has 7 nitrogen and oxygen atoms in total. The monoisotopic (exact) mass is 439 g/mol. The van der Waals surface area contributed by atoms with E-state index in [1.54, 1.807) is 48.4 Å². The van der Waals surface area contributed by atoms with Crippen molar-refractivity contribution in [2.24, 2.45) is 4.99 Å². The summed E-state index contributed by atoms with van der Waals surface area (Å²) in [6.07, 6.45) is 1.68. The van der Waals surface area contributed by atoms with Gasteiger partial charge in [0.1, 0.15) is 16.7 Å². The summed E-state index contributed by atoms with van der Waals surface area (Å²) in [4.78, 5) is 31.6. The van der Waals surface area contributed by atoms with E-state index in [-0.39, 0.29) is 18.2 Å². The molecule has 3 rings (SSSR count). The fraction of sp³-hybridized carbons (Fsp3) is 0.261. The van der Waals surface area contributed by atoms with Crippen molar-refractivity contribution in [1.82, 2.24) is 4.90 Å². The van der Waals surface area contributed by atoms with Crippen molar-refractivity contribution < 1.29 is 19.1 Å². The van der Waals surface area contributed by atoms with Crippen LogP contribution < -0.4 is 14.8 Å². The predicted molar refractivity (Wildman–Crippen MR) is 124 cm³/mol. The second kappa shape index (κ2) is 10.7. The molecule has 0 aromatic heterocycles. The maximum atomic E-state index is 12.9. The number of nitrogens with zero attached hydrogens (tertiary/aromatic N) is 2. The Morgan fingerprint density at radius 3 is 2.71 bits per heavy atom. The molecule has 8 heteroatoms. The van der Waals surface area contributed by atoms with Crippen molar-refractivity contribution in [1.29, 1.82) is 0 Å². The van der Waals surface area contributed by atoms with E-state index in [4.69, 9.17) is 9.47 Å². The molecule has 0 bridgehead atoms. The van der Waals surface area contributed by atoms with Crippen LogP contribution in [0.25, 0.3) is 0 Å². The van der Waals surface area contributed by atoms with Gasteiger partial charge >= 0.3 is 0 Å². The topological polar surface area (TPSA) is 80.2 Å². The predicted octanol–water partition coefficient (Wildman–Crippen LogP) is 4.24. The third-order valence-electron chi connectivity index (χ3n) is 4.43. The van der Waals surface area contributed by atoms with Crippen molar-refractivity contribution in [2.75, 3.05) is 25.6 Å². The van der Waals surface area contributed by atoms with Gasteiger partial charge in [0.2, 0.25) is 11.8 Å². The van der Waals surface area contributed by atoms with Gasteiger partial charge < -0.3 is 14.8 Å². The lowest BCUT2D eigenvalue weighted by molar-refractivity contribution is -0.127. The number of benzene rings is 2. The summed E-state index contributed by atoms with van der Waals surface area (Å²) >= 11 is 1.28. The highest BCUT2D eigenvalue weighted by molar-refractivity contribution is 8.15. The quantitative estimate of drug-likeness (QED) is 0.591. The molecule has 0 unspecified atom stereocenters. The Morgan fingerprint density at radius 1 is 1.26 bits per heavy atom. The van der Waals surface area contributed by atoms with Crippen molar-refractivity contribution in [2.45, 2.75) is 18.6 Å². The van der Waals surface area contributed by atoms with E-state index >= 15 is 0 Å². The first-order valence-corrected chi connectivity index (χ1v) is 10.8. The van der Waals surface area contributed by atoms with Crippen LogP contribution in [0.4, 0.5) is 11.4 Å². The summed E-state index contributed by atoms with van der Waals surface area (Å²) in [6, 6.07) is 14.4. The van der Waals surface area contributed by atoms with E-state index in [0.29, 0.717) is 35.4 Å². The van der Waals surface area contributed by atoms with E-state index in [1.807, 2.05) is 25.1 Å². The molecule has 162 valence electrons. The molecule has 1 aliphatic rings. The minimum Gasteiger partial charge on any atom is -0.497 e. The van der Waals surface area contributed by atoms with Gasteiger partial charge in [-0.05, 0) is 43.3 Å². The van der Waals surface area contributed by atoms with Crippen LogP contribution in [-0.4, -0.2) is 47.4 Å². The molecule has 2 aromatic rings. The number of hydrogen-bond acceptors (Lipinski definition) is 6. The summed E-state index contributed by atoms with van der Waals surface area (Å²) in [5.74, 6) is 1.02. The lowest BCUT2D eigenvalue weighted by Gasteiger charge is -2.14. The molecule has 1 fully saturated rings. The summed E-state index contributed by atoms with van der Waals surface area (Å²) in [5, 5.41) is 2.82. The van der Waals surface area contributed by atoms with Gasteiger partial charge in [0.25, 0.3) is 0 Å². The van der Waals surface area contributed by atoms with Gasteiger partial charge in [0, 0.05) is 24.7 Å². The Morgan fingerprint density at radius 2 is 2.03 bits per heavy atom. The molecule has 31 heavy (non-hydrogen) atoms. The highest BCUT2D eigenvalue weighted by Crippen LogP contribution is 2.32. The summed E-state index contributed by atoms with van der Waals surface area (Å²) < 4.78 is 10.6. The lowest BCUT2D eigenvalue weighted by atomic mass is 10.2. The zero-order chi connectivity index (χ0) is 22.2. The second-order valence-electron chi connectivity index (χ2n) is 6.65. The summed E-state index contributed by atoms with van der Waals surface area (Å²) in [6.45, 7) is 6.53. The van der Waals surface area contributed by atoms with Gasteiger partial charge in [-0.25, -0.2) is 4.99 Å². The molecule has 1 atom stereocenters. The molecule has 0 aliphatic carbocycles. The van der Waals surface area contributed by atoms with Gasteiger partial charge in [-0.15, -0.1) is 6.58 Å². The maximum absolute atomic E-state index is 12.9. The lowest BCUT2D eigenvalue weighted by Crippen LogP contribution is -2.33. The highest BCUT2D eigenvalue weighted by atomic mass is 32.2. The molecular weight excluding hydrogens is 414 g/mol. The molecule has 0 saturated carbocycles. The average Bonchev–Trinajstić information content (AvgIpc) is 3.04. The minimum absolute atomic E-state index is 0.0431. The number of aliphatic imine (C=N–C) groups is 1. The van der Waals surface area contributed by atoms with E-state index < -0.39 is 5.25 Å². The van der Waals surface area contributed by atoms with Crippen LogP contribution in [0.1, 0.15) is 13.3 Å². The molecule has 0 radical (unpaired) electrons. The SMILES string of the molecule is C=CCN1C(=O)[C@H](CC(=O)Nc2ccc(OCC)cc2)SC1=Nc1cccc(OC)c1. The maximum Gasteiger partial charge on any atom is 0.242 e. The molecule has 2 amide bonds. The summed E-state index contributed by atoms with van der Waals surface area (Å²) in [7, 11) is 1.59. The number of carbonyl (C=O) groups excluding carboxylic acids is 2. The zero-order valence-electron chi connectivity index (χ0n) is 17.5. The van der Waals surface area contributed by atoms with Crippen LogP contribution in [0.5, 0.6) is 11.5 Å². The van der Waals surface area contributed by atoms with E-state index in [9.17, 15) is 9.59 Å². The number of nitrogens with one attached hydrogen (secondary N) is 1.